The van der Waals surface area contributed by atoms with Crippen LogP contribution in [0.4, 0.5) is 4.79 Å². The second kappa shape index (κ2) is 21.8. The van der Waals surface area contributed by atoms with Gasteiger partial charge in [0.25, 0.3) is 8.32 Å². The highest BCUT2D eigenvalue weighted by Gasteiger charge is 2.51. The zero-order valence-corrected chi connectivity index (χ0v) is 39.3. The predicted molar refractivity (Wildman–Crippen MR) is 246 cm³/mol. The van der Waals surface area contributed by atoms with Gasteiger partial charge in [-0.3, -0.25) is 4.79 Å². The van der Waals surface area contributed by atoms with Crippen LogP contribution in [0.25, 0.3) is 0 Å². The van der Waals surface area contributed by atoms with Crippen LogP contribution in [0.15, 0.2) is 118 Å². The van der Waals surface area contributed by atoms with Crippen LogP contribution in [0, 0.1) is 0 Å². The topological polar surface area (TPSA) is 135 Å². The second-order valence-corrected chi connectivity index (χ2v) is 22.9. The number of nitrogens with one attached hydrogen (secondary N) is 1. The summed E-state index contributed by atoms with van der Waals surface area (Å²) in [7, 11) is -1.31. The number of carbonyl (C=O) groups is 2. The van der Waals surface area contributed by atoms with Gasteiger partial charge in [-0.05, 0) is 73.3 Å². The maximum atomic E-state index is 13.3. The van der Waals surface area contributed by atoms with Crippen LogP contribution in [0.2, 0.25) is 5.04 Å². The molecule has 2 aromatic heterocycles. The zero-order chi connectivity index (χ0) is 44.9. The van der Waals surface area contributed by atoms with E-state index in [1.54, 1.807) is 58.3 Å². The summed E-state index contributed by atoms with van der Waals surface area (Å²) in [4.78, 5) is 43.1. The molecule has 0 radical (unpaired) electrons. The molecule has 5 aromatic rings. The number of hydrogen-bond acceptors (Lipinski definition) is 11. The molecule has 332 valence electrons. The molecule has 13 heteroatoms. The summed E-state index contributed by atoms with van der Waals surface area (Å²) < 4.78 is 35.9. The Morgan fingerprint density at radius 1 is 0.839 bits per heavy atom. The summed E-state index contributed by atoms with van der Waals surface area (Å²) in [5.74, 6) is 0.553. The van der Waals surface area contributed by atoms with Crippen molar-refractivity contribution in [2.75, 3.05) is 13.7 Å². The Hall–Kier alpha value is -5.08. The summed E-state index contributed by atoms with van der Waals surface area (Å²) in [5.41, 5.74) is 0.662. The van der Waals surface area contributed by atoms with Crippen molar-refractivity contribution in [3.63, 3.8) is 0 Å². The molecule has 0 fully saturated rings. The van der Waals surface area contributed by atoms with Gasteiger partial charge < -0.3 is 33.1 Å². The second-order valence-electron chi connectivity index (χ2n) is 17.7. The van der Waals surface area contributed by atoms with Crippen molar-refractivity contribution in [3.05, 3.63) is 141 Å². The minimum absolute atomic E-state index is 0.0937. The Morgan fingerprint density at radius 3 is 2.06 bits per heavy atom. The first-order chi connectivity index (χ1) is 29.4. The summed E-state index contributed by atoms with van der Waals surface area (Å²) in [6, 6.07) is 33.0. The number of hydrogen-bond donors (Lipinski definition) is 1. The molecule has 4 atom stereocenters. The van der Waals surface area contributed by atoms with Crippen molar-refractivity contribution in [1.82, 2.24) is 10.3 Å². The molecule has 5 rings (SSSR count). The van der Waals surface area contributed by atoms with Gasteiger partial charge in [0.2, 0.25) is 0 Å². The van der Waals surface area contributed by atoms with Crippen molar-refractivity contribution in [2.45, 2.75) is 122 Å². The van der Waals surface area contributed by atoms with Gasteiger partial charge in [0.15, 0.2) is 0 Å². The average molecular weight is 883 g/mol. The molecular formula is C49H62N2O9SSi. The lowest BCUT2D eigenvalue weighted by molar-refractivity contribution is -0.148. The number of thiazole rings is 1. The predicted octanol–water partition coefficient (Wildman–Crippen LogP) is 8.76. The third kappa shape index (κ3) is 14.0. The van der Waals surface area contributed by atoms with Crippen LogP contribution in [-0.2, 0) is 42.9 Å². The zero-order valence-electron chi connectivity index (χ0n) is 37.5. The highest BCUT2D eigenvalue weighted by atomic mass is 32.1. The number of aromatic nitrogens is 1. The van der Waals surface area contributed by atoms with Crippen molar-refractivity contribution in [2.24, 2.45) is 0 Å². The Morgan fingerprint density at radius 2 is 1.48 bits per heavy atom. The van der Waals surface area contributed by atoms with Crippen LogP contribution < -0.4 is 26.1 Å². The molecule has 1 N–H and O–H groups in total. The molecule has 0 bridgehead atoms. The third-order valence-electron chi connectivity index (χ3n) is 10.3. The van der Waals surface area contributed by atoms with E-state index in [0.717, 1.165) is 22.0 Å². The van der Waals surface area contributed by atoms with Crippen LogP contribution in [0.1, 0.15) is 96.2 Å². The molecule has 11 nitrogen and oxygen atoms in total. The molecule has 0 saturated heterocycles. The van der Waals surface area contributed by atoms with Crippen molar-refractivity contribution in [1.29, 1.82) is 0 Å². The molecule has 0 spiro atoms. The van der Waals surface area contributed by atoms with E-state index in [1.165, 1.54) is 16.4 Å². The van der Waals surface area contributed by atoms with E-state index >= 15 is 0 Å². The number of benzene rings is 3. The fourth-order valence-corrected chi connectivity index (χ4v) is 13.1. The standard InChI is InChI=1S/C49H62N2O9SSi/c1-34(27-37(50-47(54)59-48(3,4)5)29-46(53)57-35(2)28-39-17-16-22-45(52)58-39)43-33-61-44(51-43)30-40(32-56-31-36-23-25-38(55-9)26-24-36)60-62(49(6,7)8,41-18-12-10-13-19-41)42-20-14-11-15-21-42/h10-26,33-35,37,40H,27-32H2,1-9H3,(H,50,54)/t34-,35-,37+,40-/m0/s1. The van der Waals surface area contributed by atoms with Gasteiger partial charge >= 0.3 is 17.7 Å². The summed E-state index contributed by atoms with van der Waals surface area (Å²) in [5, 5.41) is 7.93. The van der Waals surface area contributed by atoms with Gasteiger partial charge in [-0.2, -0.15) is 0 Å². The number of amides is 1. The number of nitrogens with zero attached hydrogens (tertiary/aromatic N) is 1. The number of alkyl carbamates (subject to hydrolysis) is 1. The van der Waals surface area contributed by atoms with E-state index in [9.17, 15) is 14.4 Å². The van der Waals surface area contributed by atoms with Crippen molar-refractivity contribution < 1.29 is 37.4 Å². The largest absolute Gasteiger partial charge is 0.497 e. The first kappa shape index (κ1) is 48.0. The minimum Gasteiger partial charge on any atom is -0.497 e. The third-order valence-corrected chi connectivity index (χ3v) is 16.3. The van der Waals surface area contributed by atoms with Gasteiger partial charge in [0.1, 0.15) is 23.2 Å². The monoisotopic (exact) mass is 882 g/mol. The number of rotatable bonds is 20. The van der Waals surface area contributed by atoms with Crippen molar-refractivity contribution in [3.8, 4) is 5.75 Å². The van der Waals surface area contributed by atoms with E-state index in [1.807, 2.05) is 48.7 Å². The number of methoxy groups -OCH3 is 1. The number of carbonyl (C=O) groups excluding carboxylic acids is 2. The van der Waals surface area contributed by atoms with E-state index in [2.05, 4.69) is 74.6 Å². The fraction of sp³-hybridized carbons (Fsp3) is 0.429. The molecular weight excluding hydrogens is 821 g/mol. The van der Waals surface area contributed by atoms with Gasteiger partial charge in [0, 0.05) is 36.2 Å². The van der Waals surface area contributed by atoms with Crippen LogP contribution in [-0.4, -0.2) is 62.9 Å². The fourth-order valence-electron chi connectivity index (χ4n) is 7.50. The Labute approximate surface area is 371 Å². The van der Waals surface area contributed by atoms with Gasteiger partial charge in [-0.25, -0.2) is 14.6 Å². The number of ether oxygens (including phenoxy) is 4. The normalized spacial score (nSPS) is 14.0. The average Bonchev–Trinajstić information content (AvgIpc) is 3.68. The Bertz CT molecular complexity index is 2180. The van der Waals surface area contributed by atoms with E-state index in [-0.39, 0.29) is 29.9 Å². The van der Waals surface area contributed by atoms with E-state index in [0.29, 0.717) is 31.8 Å². The van der Waals surface area contributed by atoms with Gasteiger partial charge in [-0.1, -0.05) is 107 Å². The summed E-state index contributed by atoms with van der Waals surface area (Å²) in [6.45, 7) is 16.6. The van der Waals surface area contributed by atoms with Crippen molar-refractivity contribution >= 4 is 42.1 Å². The molecule has 0 aliphatic heterocycles. The summed E-state index contributed by atoms with van der Waals surface area (Å²) in [6.07, 6.45) is -0.494. The molecule has 0 saturated carbocycles. The lowest BCUT2D eigenvalue weighted by Crippen LogP contribution is -2.68. The first-order valence-electron chi connectivity index (χ1n) is 21.2. The van der Waals surface area contributed by atoms with Crippen LogP contribution in [0.3, 0.4) is 0 Å². The maximum absolute atomic E-state index is 13.3. The minimum atomic E-state index is -2.96. The summed E-state index contributed by atoms with van der Waals surface area (Å²) >= 11 is 1.56. The molecule has 3 aromatic carbocycles. The molecule has 2 heterocycles. The molecule has 1 amide bonds. The quantitative estimate of drug-likeness (QED) is 0.0597. The lowest BCUT2D eigenvalue weighted by atomic mass is 9.97. The number of esters is 1. The highest BCUT2D eigenvalue weighted by Crippen LogP contribution is 2.38. The smallest absolute Gasteiger partial charge is 0.407 e. The molecule has 0 aliphatic rings. The maximum Gasteiger partial charge on any atom is 0.407 e. The van der Waals surface area contributed by atoms with Gasteiger partial charge in [0.05, 0.1) is 43.5 Å². The lowest BCUT2D eigenvalue weighted by Gasteiger charge is -2.45. The van der Waals surface area contributed by atoms with Crippen LogP contribution >= 0.6 is 11.3 Å². The molecule has 0 aliphatic carbocycles. The highest BCUT2D eigenvalue weighted by molar-refractivity contribution is 7.09. The van der Waals surface area contributed by atoms with Gasteiger partial charge in [-0.15, -0.1) is 11.3 Å². The SMILES string of the molecule is COc1ccc(COC[C@H](Cc2nc([C@@H](C)C[C@H](CC(=O)O[C@@H](C)Cc3cccc(=O)o3)NC(=O)OC(C)(C)C)cs2)O[Si](c2ccccc2)(c2ccccc2)C(C)(C)C)cc1. The first-order valence-corrected chi connectivity index (χ1v) is 23.9. The Balaban J connectivity index is 1.37. The molecule has 62 heavy (non-hydrogen) atoms. The van der Waals surface area contributed by atoms with Crippen LogP contribution in [0.5, 0.6) is 5.75 Å². The molecule has 0 unspecified atom stereocenters. The van der Waals surface area contributed by atoms with E-state index < -0.39 is 43.8 Å². The Kier molecular flexibility index (Phi) is 16.9. The van der Waals surface area contributed by atoms with E-state index in [4.69, 9.17) is 32.8 Å².